The molecule has 0 fully saturated rings. The summed E-state index contributed by atoms with van der Waals surface area (Å²) in [6.07, 6.45) is 45.6. The molecule has 2 atom stereocenters. The molecular formula is C39H72O3. The van der Waals surface area contributed by atoms with E-state index in [1.54, 1.807) is 0 Å². The average Bonchev–Trinajstić information content (AvgIpc) is 3.00. The molecule has 0 aliphatic heterocycles. The van der Waals surface area contributed by atoms with Crippen molar-refractivity contribution in [2.45, 2.75) is 199 Å². The van der Waals surface area contributed by atoms with Gasteiger partial charge in [0.2, 0.25) is 0 Å². The fourth-order valence-corrected chi connectivity index (χ4v) is 5.28. The van der Waals surface area contributed by atoms with Crippen LogP contribution in [0.4, 0.5) is 0 Å². The Hall–Kier alpha value is -1.16. The number of aliphatic hydroxyl groups excluding tert-OH is 3. The lowest BCUT2D eigenvalue weighted by atomic mass is 9.97. The third-order valence-corrected chi connectivity index (χ3v) is 8.19. The minimum atomic E-state index is -1.01. The lowest BCUT2D eigenvalue weighted by Crippen LogP contribution is -2.37. The highest BCUT2D eigenvalue weighted by Gasteiger charge is 2.23. The maximum Gasteiger partial charge on any atom is 0.106 e. The van der Waals surface area contributed by atoms with E-state index >= 15 is 0 Å². The van der Waals surface area contributed by atoms with Gasteiger partial charge in [0.1, 0.15) is 6.10 Å². The Labute approximate surface area is 262 Å². The molecule has 0 aromatic heterocycles. The zero-order chi connectivity index (χ0) is 30.8. The maximum atomic E-state index is 10.3. The van der Waals surface area contributed by atoms with Crippen LogP contribution in [0.3, 0.4) is 0 Å². The van der Waals surface area contributed by atoms with Crippen molar-refractivity contribution < 1.29 is 15.3 Å². The van der Waals surface area contributed by atoms with Crippen LogP contribution >= 0.6 is 0 Å². The summed E-state index contributed by atoms with van der Waals surface area (Å²) in [7, 11) is 0. The molecular weight excluding hydrogens is 516 g/mol. The van der Waals surface area contributed by atoms with Crippen LogP contribution in [0.15, 0.2) is 48.6 Å². The normalized spacial score (nSPS) is 14.7. The standard InChI is InChI=1S/C39H72O3/c1-3-5-7-9-11-13-15-17-19-21-23-25-27-29-31-33-35-37(40)39(42)38(41)36-34-32-30-28-26-24-22-20-18-16-14-12-10-8-6-4-2/h11-14,17-20,37-42H,3-10,15-16,21-36H2,1-2H3/b13-11-,14-12-,19-17-,20-18-. The molecule has 0 radical (unpaired) electrons. The van der Waals surface area contributed by atoms with E-state index in [0.717, 1.165) is 38.5 Å². The number of unbranched alkanes of at least 4 members (excludes halogenated alkanes) is 18. The molecule has 0 amide bonds. The van der Waals surface area contributed by atoms with E-state index in [9.17, 15) is 15.3 Å². The number of rotatable bonds is 32. The second-order valence-corrected chi connectivity index (χ2v) is 12.4. The first-order valence-electron chi connectivity index (χ1n) is 18.3. The zero-order valence-corrected chi connectivity index (χ0v) is 28.1. The number of aliphatic hydroxyl groups is 3. The van der Waals surface area contributed by atoms with E-state index < -0.39 is 18.3 Å². The molecule has 0 aromatic rings. The summed E-state index contributed by atoms with van der Waals surface area (Å²) in [6, 6.07) is 0. The van der Waals surface area contributed by atoms with Crippen LogP contribution in [0.5, 0.6) is 0 Å². The number of hydrogen-bond acceptors (Lipinski definition) is 3. The molecule has 3 nitrogen and oxygen atoms in total. The summed E-state index contributed by atoms with van der Waals surface area (Å²) in [5.41, 5.74) is 0. The highest BCUT2D eigenvalue weighted by molar-refractivity contribution is 4.93. The van der Waals surface area contributed by atoms with Crippen molar-refractivity contribution in [2.75, 3.05) is 0 Å². The number of hydrogen-bond donors (Lipinski definition) is 3. The monoisotopic (exact) mass is 589 g/mol. The smallest absolute Gasteiger partial charge is 0.106 e. The first-order valence-corrected chi connectivity index (χ1v) is 18.3. The quantitative estimate of drug-likeness (QED) is 0.0541. The third kappa shape index (κ3) is 30.3. The summed E-state index contributed by atoms with van der Waals surface area (Å²) < 4.78 is 0. The molecule has 0 aliphatic rings. The van der Waals surface area contributed by atoms with Crippen molar-refractivity contribution in [1.29, 1.82) is 0 Å². The van der Waals surface area contributed by atoms with E-state index in [1.807, 2.05) is 0 Å². The lowest BCUT2D eigenvalue weighted by molar-refractivity contribution is -0.0653. The minimum Gasteiger partial charge on any atom is -0.390 e. The van der Waals surface area contributed by atoms with Crippen molar-refractivity contribution in [1.82, 2.24) is 0 Å². The van der Waals surface area contributed by atoms with E-state index in [1.165, 1.54) is 116 Å². The Morgan fingerprint density at radius 2 is 0.643 bits per heavy atom. The molecule has 0 saturated carbocycles. The van der Waals surface area contributed by atoms with Crippen molar-refractivity contribution in [3.63, 3.8) is 0 Å². The number of allylic oxidation sites excluding steroid dienone is 8. The van der Waals surface area contributed by atoms with Crippen molar-refractivity contribution >= 4 is 0 Å². The van der Waals surface area contributed by atoms with Gasteiger partial charge in [-0.05, 0) is 77.0 Å². The van der Waals surface area contributed by atoms with Crippen LogP contribution in [0.25, 0.3) is 0 Å². The largest absolute Gasteiger partial charge is 0.390 e. The van der Waals surface area contributed by atoms with Crippen molar-refractivity contribution in [3.05, 3.63) is 48.6 Å². The molecule has 0 heterocycles. The highest BCUT2D eigenvalue weighted by Crippen LogP contribution is 2.17. The summed E-state index contributed by atoms with van der Waals surface area (Å²) in [6.45, 7) is 4.49. The van der Waals surface area contributed by atoms with Crippen LogP contribution in [-0.4, -0.2) is 33.6 Å². The van der Waals surface area contributed by atoms with Gasteiger partial charge in [-0.2, -0.15) is 0 Å². The van der Waals surface area contributed by atoms with Crippen LogP contribution in [0, 0.1) is 0 Å². The predicted molar refractivity (Wildman–Crippen MR) is 186 cm³/mol. The van der Waals surface area contributed by atoms with Crippen LogP contribution in [0.2, 0.25) is 0 Å². The van der Waals surface area contributed by atoms with E-state index in [0.29, 0.717) is 12.8 Å². The highest BCUT2D eigenvalue weighted by atomic mass is 16.4. The maximum absolute atomic E-state index is 10.3. The van der Waals surface area contributed by atoms with Gasteiger partial charge < -0.3 is 15.3 Å². The molecule has 0 saturated heterocycles. The van der Waals surface area contributed by atoms with Gasteiger partial charge in [-0.1, -0.05) is 152 Å². The molecule has 3 heteroatoms. The Balaban J connectivity index is 3.53. The molecule has 246 valence electrons. The SMILES string of the molecule is CCCCC/C=C\C/C=C\CCCCCCCCC(O)C(O)C(O)CCCCCCCC/C=C\C/C=C\CCCCC. The third-order valence-electron chi connectivity index (χ3n) is 8.19. The Morgan fingerprint density at radius 1 is 0.357 bits per heavy atom. The fraction of sp³-hybridized carbons (Fsp3) is 0.795. The van der Waals surface area contributed by atoms with E-state index in [-0.39, 0.29) is 0 Å². The summed E-state index contributed by atoms with van der Waals surface area (Å²) in [5, 5.41) is 30.9. The molecule has 42 heavy (non-hydrogen) atoms. The zero-order valence-electron chi connectivity index (χ0n) is 28.1. The molecule has 3 N–H and O–H groups in total. The van der Waals surface area contributed by atoms with Gasteiger partial charge in [-0.25, -0.2) is 0 Å². The average molecular weight is 589 g/mol. The van der Waals surface area contributed by atoms with Crippen LogP contribution < -0.4 is 0 Å². The first kappa shape index (κ1) is 40.8. The molecule has 2 unspecified atom stereocenters. The topological polar surface area (TPSA) is 60.7 Å². The molecule has 0 rings (SSSR count). The van der Waals surface area contributed by atoms with Gasteiger partial charge in [-0.3, -0.25) is 0 Å². The van der Waals surface area contributed by atoms with Crippen LogP contribution in [-0.2, 0) is 0 Å². The van der Waals surface area contributed by atoms with Gasteiger partial charge >= 0.3 is 0 Å². The van der Waals surface area contributed by atoms with Crippen LogP contribution in [0.1, 0.15) is 181 Å². The Kier molecular flexibility index (Phi) is 33.4. The molecule has 0 spiro atoms. The summed E-state index contributed by atoms with van der Waals surface area (Å²) in [5.74, 6) is 0. The summed E-state index contributed by atoms with van der Waals surface area (Å²) in [4.78, 5) is 0. The van der Waals surface area contributed by atoms with Gasteiger partial charge in [0.05, 0.1) is 12.2 Å². The molecule has 0 aliphatic carbocycles. The van der Waals surface area contributed by atoms with Crippen molar-refractivity contribution in [3.8, 4) is 0 Å². The van der Waals surface area contributed by atoms with E-state index in [4.69, 9.17) is 0 Å². The van der Waals surface area contributed by atoms with Gasteiger partial charge in [-0.15, -0.1) is 0 Å². The Bertz CT molecular complexity index is 582. The molecule has 0 aromatic carbocycles. The van der Waals surface area contributed by atoms with Gasteiger partial charge in [0.15, 0.2) is 0 Å². The lowest BCUT2D eigenvalue weighted by Gasteiger charge is -2.23. The van der Waals surface area contributed by atoms with Gasteiger partial charge in [0, 0.05) is 0 Å². The van der Waals surface area contributed by atoms with Gasteiger partial charge in [0.25, 0.3) is 0 Å². The minimum absolute atomic E-state index is 0.580. The summed E-state index contributed by atoms with van der Waals surface area (Å²) >= 11 is 0. The van der Waals surface area contributed by atoms with Crippen molar-refractivity contribution in [2.24, 2.45) is 0 Å². The Morgan fingerprint density at radius 3 is 0.976 bits per heavy atom. The fourth-order valence-electron chi connectivity index (χ4n) is 5.28. The molecule has 0 bridgehead atoms. The second kappa shape index (κ2) is 34.3. The van der Waals surface area contributed by atoms with E-state index in [2.05, 4.69) is 62.5 Å². The predicted octanol–water partition coefficient (Wildman–Crippen LogP) is 11.5. The second-order valence-electron chi connectivity index (χ2n) is 12.4. The first-order chi connectivity index (χ1) is 20.6.